The first-order valence-electron chi connectivity index (χ1n) is 10.7. The molecule has 2 N–H and O–H groups in total. The van der Waals surface area contributed by atoms with E-state index >= 15 is 0 Å². The summed E-state index contributed by atoms with van der Waals surface area (Å²) in [4.78, 5) is 42.1. The van der Waals surface area contributed by atoms with Crippen LogP contribution in [0, 0.1) is 0 Å². The first-order chi connectivity index (χ1) is 16.2. The highest BCUT2D eigenvalue weighted by molar-refractivity contribution is 5.90. The van der Waals surface area contributed by atoms with Gasteiger partial charge in [0.15, 0.2) is 11.8 Å². The van der Waals surface area contributed by atoms with E-state index in [9.17, 15) is 14.4 Å². The highest BCUT2D eigenvalue weighted by Gasteiger charge is 2.43. The Morgan fingerprint density at radius 1 is 0.971 bits per heavy atom. The number of hydrogen-bond acceptors (Lipinski definition) is 8. The molecule has 3 rings (SSSR count). The van der Waals surface area contributed by atoms with E-state index in [1.165, 1.54) is 19.2 Å². The van der Waals surface area contributed by atoms with Crippen molar-refractivity contribution >= 4 is 17.8 Å². The Morgan fingerprint density at radius 2 is 1.53 bits per heavy atom. The smallest absolute Gasteiger partial charge is 0.351 e. The van der Waals surface area contributed by atoms with Gasteiger partial charge in [-0.05, 0) is 51.1 Å². The van der Waals surface area contributed by atoms with Crippen LogP contribution in [0.2, 0.25) is 0 Å². The average molecular weight is 466 g/mol. The van der Waals surface area contributed by atoms with E-state index in [4.69, 9.17) is 19.9 Å². The number of anilines is 1. The fraction of sp³-hybridized carbons (Fsp3) is 0.280. The van der Waals surface area contributed by atoms with E-state index in [1.807, 2.05) is 0 Å². The number of esters is 2. The molecule has 34 heavy (non-hydrogen) atoms. The minimum Gasteiger partial charge on any atom is -0.458 e. The molecular formula is C25H27N3O6. The van der Waals surface area contributed by atoms with Gasteiger partial charge in [0.2, 0.25) is 0 Å². The summed E-state index contributed by atoms with van der Waals surface area (Å²) in [5, 5.41) is 0. The topological polar surface area (TPSA) is 123 Å². The van der Waals surface area contributed by atoms with Gasteiger partial charge in [-0.25, -0.2) is 14.4 Å². The third-order valence-electron chi connectivity index (χ3n) is 4.86. The minimum atomic E-state index is -1.61. The van der Waals surface area contributed by atoms with Gasteiger partial charge in [-0.3, -0.25) is 4.57 Å². The number of hydrogen-bond donors (Lipinski definition) is 1. The normalized spacial score (nSPS) is 13.6. The Morgan fingerprint density at radius 3 is 2.06 bits per heavy atom. The van der Waals surface area contributed by atoms with Crippen LogP contribution in [0.1, 0.15) is 47.7 Å². The van der Waals surface area contributed by atoms with Gasteiger partial charge in [0, 0.05) is 6.20 Å². The Bertz CT molecular complexity index is 1180. The zero-order valence-electron chi connectivity index (χ0n) is 19.2. The van der Waals surface area contributed by atoms with Crippen LogP contribution >= 0.6 is 0 Å². The van der Waals surface area contributed by atoms with E-state index in [2.05, 4.69) is 4.98 Å². The highest BCUT2D eigenvalue weighted by atomic mass is 16.6. The molecule has 0 aliphatic carbocycles. The summed E-state index contributed by atoms with van der Waals surface area (Å²) in [6.07, 6.45) is -0.163. The monoisotopic (exact) mass is 465 g/mol. The number of benzene rings is 2. The summed E-state index contributed by atoms with van der Waals surface area (Å²) < 4.78 is 18.5. The average Bonchev–Trinajstić information content (AvgIpc) is 2.82. The van der Waals surface area contributed by atoms with Crippen LogP contribution in [0.5, 0.6) is 0 Å². The molecule has 0 bridgehead atoms. The Hall–Kier alpha value is -3.98. The maximum atomic E-state index is 13.0. The molecule has 2 atom stereocenters. The van der Waals surface area contributed by atoms with Gasteiger partial charge < -0.3 is 19.9 Å². The maximum Gasteiger partial charge on any atom is 0.351 e. The van der Waals surface area contributed by atoms with Crippen LogP contribution in [0.15, 0.2) is 77.7 Å². The van der Waals surface area contributed by atoms with E-state index in [0.717, 1.165) is 4.57 Å². The van der Waals surface area contributed by atoms with Gasteiger partial charge in [0.25, 0.3) is 0 Å². The molecule has 3 aromatic rings. The fourth-order valence-electron chi connectivity index (χ4n) is 3.23. The summed E-state index contributed by atoms with van der Waals surface area (Å²) in [5.74, 6) is -1.26. The van der Waals surface area contributed by atoms with E-state index in [0.29, 0.717) is 5.56 Å². The summed E-state index contributed by atoms with van der Waals surface area (Å²) in [6, 6.07) is 18.1. The Kier molecular flexibility index (Phi) is 7.80. The van der Waals surface area contributed by atoms with E-state index in [1.54, 1.807) is 74.5 Å². The van der Waals surface area contributed by atoms with Crippen molar-refractivity contribution in [3.8, 4) is 0 Å². The summed E-state index contributed by atoms with van der Waals surface area (Å²) >= 11 is 0. The molecule has 9 heteroatoms. The van der Waals surface area contributed by atoms with Crippen molar-refractivity contribution in [2.75, 3.05) is 12.3 Å². The van der Waals surface area contributed by atoms with Crippen molar-refractivity contribution in [1.82, 2.24) is 9.55 Å². The van der Waals surface area contributed by atoms with Crippen LogP contribution in [0.4, 0.5) is 5.82 Å². The third kappa shape index (κ3) is 6.08. The molecule has 0 saturated carbocycles. The standard InChI is InChI=1S/C25H27N3O6/c1-17(2)33-23(28-15-14-20(26)27-24(28)31)25(3,34-22(30)19-12-8-5-9-13-19)16-32-21(29)18-10-6-4-7-11-18/h4-15,17,23H,16H2,1-3H3,(H2,26,27,31)/t23-,25?/m1/s1. The van der Waals surface area contributed by atoms with E-state index < -0.39 is 36.1 Å². The second-order valence-corrected chi connectivity index (χ2v) is 8.09. The summed E-state index contributed by atoms with van der Waals surface area (Å²) in [6.45, 7) is 4.66. The molecule has 9 nitrogen and oxygen atoms in total. The zero-order valence-corrected chi connectivity index (χ0v) is 19.2. The van der Waals surface area contributed by atoms with Crippen LogP contribution in [-0.2, 0) is 14.2 Å². The fourth-order valence-corrected chi connectivity index (χ4v) is 3.23. The van der Waals surface area contributed by atoms with Crippen molar-refractivity contribution in [2.45, 2.75) is 38.7 Å². The van der Waals surface area contributed by atoms with Crippen molar-refractivity contribution in [3.05, 3.63) is 94.5 Å². The van der Waals surface area contributed by atoms with E-state index in [-0.39, 0.29) is 17.5 Å². The van der Waals surface area contributed by atoms with Gasteiger partial charge in [0.05, 0.1) is 17.2 Å². The Balaban J connectivity index is 2.00. The van der Waals surface area contributed by atoms with Gasteiger partial charge in [0.1, 0.15) is 12.4 Å². The van der Waals surface area contributed by atoms with Crippen LogP contribution < -0.4 is 11.4 Å². The second kappa shape index (κ2) is 10.8. The number of carbonyl (C=O) groups excluding carboxylic acids is 2. The number of ether oxygens (including phenoxy) is 3. The number of nitrogens with zero attached hydrogens (tertiary/aromatic N) is 2. The number of nitrogen functional groups attached to an aromatic ring is 1. The molecule has 0 spiro atoms. The van der Waals surface area contributed by atoms with Gasteiger partial charge in [-0.1, -0.05) is 36.4 Å². The van der Waals surface area contributed by atoms with Crippen LogP contribution in [-0.4, -0.2) is 39.8 Å². The molecule has 178 valence electrons. The predicted octanol–water partition coefficient (Wildman–Crippen LogP) is 3.22. The molecule has 1 heterocycles. The molecule has 1 aromatic heterocycles. The molecule has 1 unspecified atom stereocenters. The molecule has 0 saturated heterocycles. The lowest BCUT2D eigenvalue weighted by Gasteiger charge is -2.37. The largest absolute Gasteiger partial charge is 0.458 e. The number of aromatic nitrogens is 2. The number of carbonyl (C=O) groups is 2. The summed E-state index contributed by atoms with van der Waals surface area (Å²) in [5.41, 5.74) is 3.94. The van der Waals surface area contributed by atoms with Gasteiger partial charge in [-0.15, -0.1) is 0 Å². The van der Waals surface area contributed by atoms with Crippen molar-refractivity contribution in [2.24, 2.45) is 0 Å². The predicted molar refractivity (Wildman–Crippen MR) is 125 cm³/mol. The molecule has 0 aliphatic heterocycles. The molecular weight excluding hydrogens is 438 g/mol. The second-order valence-electron chi connectivity index (χ2n) is 8.09. The summed E-state index contributed by atoms with van der Waals surface area (Å²) in [7, 11) is 0. The van der Waals surface area contributed by atoms with Crippen molar-refractivity contribution in [1.29, 1.82) is 0 Å². The molecule has 2 aromatic carbocycles. The Labute approximate surface area is 197 Å². The van der Waals surface area contributed by atoms with Crippen molar-refractivity contribution in [3.63, 3.8) is 0 Å². The minimum absolute atomic E-state index is 0.0306. The lowest BCUT2D eigenvalue weighted by Crippen LogP contribution is -2.50. The first-order valence-corrected chi connectivity index (χ1v) is 10.7. The third-order valence-corrected chi connectivity index (χ3v) is 4.86. The SMILES string of the molecule is CC(C)O[C@@H](n1ccc(N)nc1=O)C(C)(COC(=O)c1ccccc1)OC(=O)c1ccccc1. The molecule has 0 fully saturated rings. The maximum absolute atomic E-state index is 13.0. The van der Waals surface area contributed by atoms with Crippen LogP contribution in [0.3, 0.4) is 0 Å². The molecule has 0 amide bonds. The van der Waals surface area contributed by atoms with Gasteiger partial charge >= 0.3 is 17.6 Å². The van der Waals surface area contributed by atoms with Crippen molar-refractivity contribution < 1.29 is 23.8 Å². The number of nitrogens with two attached hydrogens (primary N) is 1. The zero-order chi connectivity index (χ0) is 24.7. The lowest BCUT2D eigenvalue weighted by atomic mass is 10.0. The van der Waals surface area contributed by atoms with Crippen LogP contribution in [0.25, 0.3) is 0 Å². The highest BCUT2D eigenvalue weighted by Crippen LogP contribution is 2.30. The lowest BCUT2D eigenvalue weighted by molar-refractivity contribution is -0.177. The molecule has 0 aliphatic rings. The quantitative estimate of drug-likeness (QED) is 0.478. The molecule has 0 radical (unpaired) electrons. The number of rotatable bonds is 9. The first kappa shape index (κ1) is 24.7. The van der Waals surface area contributed by atoms with Gasteiger partial charge in [-0.2, -0.15) is 4.98 Å².